The Morgan fingerprint density at radius 2 is 1.53 bits per heavy atom. The van der Waals surface area contributed by atoms with Gasteiger partial charge in [-0.2, -0.15) is 0 Å². The van der Waals surface area contributed by atoms with E-state index < -0.39 is 21.3 Å². The third-order valence-corrected chi connectivity index (χ3v) is 9.32. The lowest BCUT2D eigenvalue weighted by molar-refractivity contribution is -0.118. The van der Waals surface area contributed by atoms with Crippen LogP contribution in [0.4, 0.5) is 5.69 Å². The van der Waals surface area contributed by atoms with E-state index in [0.29, 0.717) is 34.4 Å². The van der Waals surface area contributed by atoms with Crippen LogP contribution in [0.2, 0.25) is 0 Å². The summed E-state index contributed by atoms with van der Waals surface area (Å²) >= 11 is 0. The van der Waals surface area contributed by atoms with Crippen molar-refractivity contribution in [3.8, 4) is 0 Å². The zero-order valence-electron chi connectivity index (χ0n) is 22.5. The number of amides is 2. The molecule has 38 heavy (non-hydrogen) atoms. The quantitative estimate of drug-likeness (QED) is 0.351. The van der Waals surface area contributed by atoms with Crippen molar-refractivity contribution in [3.63, 3.8) is 0 Å². The molecule has 7 heteroatoms. The van der Waals surface area contributed by atoms with E-state index in [1.54, 1.807) is 54.6 Å². The third kappa shape index (κ3) is 7.01. The van der Waals surface area contributed by atoms with Crippen molar-refractivity contribution in [3.05, 3.63) is 72.3 Å². The van der Waals surface area contributed by atoms with E-state index in [0.717, 1.165) is 25.7 Å². The molecule has 1 saturated carbocycles. The van der Waals surface area contributed by atoms with E-state index in [1.807, 2.05) is 32.9 Å². The highest BCUT2D eigenvalue weighted by atomic mass is 32.2. The van der Waals surface area contributed by atoms with Gasteiger partial charge in [0.15, 0.2) is 9.84 Å². The highest BCUT2D eigenvalue weighted by Gasteiger charge is 2.28. The summed E-state index contributed by atoms with van der Waals surface area (Å²) in [6, 6.07) is 18.7. The van der Waals surface area contributed by atoms with Crippen molar-refractivity contribution in [1.82, 2.24) is 5.32 Å². The second-order valence-electron chi connectivity index (χ2n) is 11.6. The summed E-state index contributed by atoms with van der Waals surface area (Å²) in [5.41, 5.74) is 0.645. The average molecular weight is 535 g/mol. The first kappa shape index (κ1) is 27.8. The molecule has 0 saturated heterocycles. The van der Waals surface area contributed by atoms with E-state index in [1.165, 1.54) is 6.42 Å². The number of carbonyl (C=O) groups excluding carboxylic acids is 2. The third-order valence-electron chi connectivity index (χ3n) is 7.05. The van der Waals surface area contributed by atoms with Crippen molar-refractivity contribution in [1.29, 1.82) is 0 Å². The number of fused-ring (bicyclic) bond motifs is 1. The average Bonchev–Trinajstić information content (AvgIpc) is 2.88. The Kier molecular flexibility index (Phi) is 8.56. The monoisotopic (exact) mass is 534 g/mol. The van der Waals surface area contributed by atoms with Crippen LogP contribution in [-0.2, 0) is 14.6 Å². The number of carbonyl (C=O) groups is 2. The molecule has 1 atom stereocenters. The van der Waals surface area contributed by atoms with Gasteiger partial charge in [0.05, 0.1) is 10.6 Å². The molecule has 3 aromatic carbocycles. The van der Waals surface area contributed by atoms with Crippen molar-refractivity contribution in [2.24, 2.45) is 11.3 Å². The van der Waals surface area contributed by atoms with Gasteiger partial charge in [0.1, 0.15) is 6.04 Å². The van der Waals surface area contributed by atoms with Crippen LogP contribution in [0.15, 0.2) is 71.6 Å². The second kappa shape index (κ2) is 11.7. The lowest BCUT2D eigenvalue weighted by Crippen LogP contribution is -2.45. The molecule has 3 aromatic rings. The highest BCUT2D eigenvalue weighted by molar-refractivity contribution is 7.91. The van der Waals surface area contributed by atoms with Gasteiger partial charge in [0, 0.05) is 22.0 Å². The highest BCUT2D eigenvalue weighted by Crippen LogP contribution is 2.32. The van der Waals surface area contributed by atoms with Crippen molar-refractivity contribution < 1.29 is 18.0 Å². The lowest BCUT2D eigenvalue weighted by Gasteiger charge is -2.27. The molecule has 1 aliphatic rings. The van der Waals surface area contributed by atoms with Gasteiger partial charge in [-0.3, -0.25) is 9.59 Å². The van der Waals surface area contributed by atoms with Gasteiger partial charge in [0.25, 0.3) is 5.91 Å². The number of nitrogens with one attached hydrogen (secondary N) is 2. The number of sulfone groups is 1. The molecule has 4 rings (SSSR count). The van der Waals surface area contributed by atoms with E-state index in [9.17, 15) is 18.0 Å². The number of rotatable bonds is 8. The van der Waals surface area contributed by atoms with Crippen LogP contribution in [0.25, 0.3) is 10.8 Å². The van der Waals surface area contributed by atoms with Crippen LogP contribution >= 0.6 is 0 Å². The molecule has 202 valence electrons. The minimum Gasteiger partial charge on any atom is -0.340 e. The Bertz CT molecular complexity index is 1390. The molecular formula is C31H38N2O4S. The fraction of sp³-hybridized carbons (Fsp3) is 0.419. The van der Waals surface area contributed by atoms with Crippen LogP contribution in [0.1, 0.15) is 69.7 Å². The summed E-state index contributed by atoms with van der Waals surface area (Å²) in [7, 11) is -3.54. The molecule has 1 aliphatic carbocycles. The van der Waals surface area contributed by atoms with Crippen molar-refractivity contribution in [2.75, 3.05) is 11.1 Å². The van der Waals surface area contributed by atoms with Gasteiger partial charge < -0.3 is 10.6 Å². The van der Waals surface area contributed by atoms with E-state index in [4.69, 9.17) is 0 Å². The molecule has 0 spiro atoms. The Labute approximate surface area is 226 Å². The van der Waals surface area contributed by atoms with E-state index in [-0.39, 0.29) is 22.5 Å². The Morgan fingerprint density at radius 3 is 2.21 bits per heavy atom. The SMILES string of the molecule is CC(C)(C)CS(=O)(=O)c1cccc2c(NC(=O)[C@H](CC3CCCCC3)NC(=O)c3ccccc3)cccc12. The Hall–Kier alpha value is -3.19. The number of benzene rings is 3. The zero-order valence-corrected chi connectivity index (χ0v) is 23.3. The molecule has 6 nitrogen and oxygen atoms in total. The zero-order chi connectivity index (χ0) is 27.3. The van der Waals surface area contributed by atoms with Gasteiger partial charge in [-0.05, 0) is 42.0 Å². The molecule has 1 fully saturated rings. The minimum absolute atomic E-state index is 0.0185. The first-order valence-corrected chi connectivity index (χ1v) is 15.1. The smallest absolute Gasteiger partial charge is 0.251 e. The molecule has 0 heterocycles. The Balaban J connectivity index is 1.62. The molecule has 0 bridgehead atoms. The number of hydrogen-bond donors (Lipinski definition) is 2. The number of anilines is 1. The molecule has 0 aromatic heterocycles. The summed E-state index contributed by atoms with van der Waals surface area (Å²) in [5, 5.41) is 7.20. The van der Waals surface area contributed by atoms with Crippen molar-refractivity contribution in [2.45, 2.75) is 70.2 Å². The lowest BCUT2D eigenvalue weighted by atomic mass is 9.84. The first-order valence-electron chi connectivity index (χ1n) is 13.4. The van der Waals surface area contributed by atoms with E-state index >= 15 is 0 Å². The van der Waals surface area contributed by atoms with Gasteiger partial charge >= 0.3 is 0 Å². The van der Waals surface area contributed by atoms with Gasteiger partial charge in [0.2, 0.25) is 5.91 Å². The van der Waals surface area contributed by atoms with Crippen LogP contribution in [0.5, 0.6) is 0 Å². The maximum absolute atomic E-state index is 13.6. The molecular weight excluding hydrogens is 496 g/mol. The molecule has 0 unspecified atom stereocenters. The molecule has 2 amide bonds. The normalized spacial score (nSPS) is 15.7. The van der Waals surface area contributed by atoms with Crippen LogP contribution < -0.4 is 10.6 Å². The fourth-order valence-corrected chi connectivity index (χ4v) is 7.44. The van der Waals surface area contributed by atoms with Gasteiger partial charge in [-0.25, -0.2) is 8.42 Å². The van der Waals surface area contributed by atoms with Gasteiger partial charge in [-0.15, -0.1) is 0 Å². The second-order valence-corrected chi connectivity index (χ2v) is 13.6. The fourth-order valence-electron chi connectivity index (χ4n) is 5.35. The predicted octanol–water partition coefficient (Wildman–Crippen LogP) is 6.37. The van der Waals surface area contributed by atoms with Crippen LogP contribution in [0.3, 0.4) is 0 Å². The standard InChI is InChI=1S/C31H38N2O4S/c1-31(2,3)21-38(36,37)28-19-11-16-24-25(28)17-10-18-26(24)32-30(35)27(20-22-12-6-4-7-13-22)33-29(34)23-14-8-5-9-15-23/h5,8-11,14-19,22,27H,4,6-7,12-13,20-21H2,1-3H3,(H,32,35)(H,33,34)/t27-/m0/s1. The maximum atomic E-state index is 13.6. The topological polar surface area (TPSA) is 92.3 Å². The van der Waals surface area contributed by atoms with Crippen LogP contribution in [0, 0.1) is 11.3 Å². The van der Waals surface area contributed by atoms with Crippen molar-refractivity contribution >= 4 is 38.1 Å². The van der Waals surface area contributed by atoms with Crippen LogP contribution in [-0.4, -0.2) is 32.0 Å². The maximum Gasteiger partial charge on any atom is 0.251 e. The van der Waals surface area contributed by atoms with Gasteiger partial charge in [-0.1, -0.05) is 95.3 Å². The summed E-state index contributed by atoms with van der Waals surface area (Å²) in [5.74, 6) is -0.187. The van der Waals surface area contributed by atoms with E-state index in [2.05, 4.69) is 10.6 Å². The summed E-state index contributed by atoms with van der Waals surface area (Å²) in [6.45, 7) is 5.70. The molecule has 2 N–H and O–H groups in total. The largest absolute Gasteiger partial charge is 0.340 e. The first-order chi connectivity index (χ1) is 18.0. The summed E-state index contributed by atoms with van der Waals surface area (Å²) in [6.07, 6.45) is 6.16. The summed E-state index contributed by atoms with van der Waals surface area (Å²) < 4.78 is 26.5. The minimum atomic E-state index is -3.54. The predicted molar refractivity (Wildman–Crippen MR) is 153 cm³/mol. The number of hydrogen-bond acceptors (Lipinski definition) is 4. The Morgan fingerprint density at radius 1 is 0.868 bits per heavy atom. The molecule has 0 radical (unpaired) electrons. The summed E-state index contributed by atoms with van der Waals surface area (Å²) in [4.78, 5) is 26.9. The molecule has 0 aliphatic heterocycles.